The summed E-state index contributed by atoms with van der Waals surface area (Å²) in [5.41, 5.74) is 7.40. The topological polar surface area (TPSA) is 49.5 Å². The highest BCUT2D eigenvalue weighted by Gasteiger charge is 2.32. The van der Waals surface area contributed by atoms with Crippen molar-refractivity contribution >= 4 is 34.5 Å². The Balaban J connectivity index is 2.45. The van der Waals surface area contributed by atoms with Gasteiger partial charge in [0.2, 0.25) is 0 Å². The van der Waals surface area contributed by atoms with Gasteiger partial charge in [0.05, 0.1) is 23.2 Å². The van der Waals surface area contributed by atoms with Gasteiger partial charge in [-0.1, -0.05) is 36.8 Å². The number of aliphatic hydroxyl groups excluding tert-OH is 1. The van der Waals surface area contributed by atoms with Gasteiger partial charge in [-0.2, -0.15) is 0 Å². The summed E-state index contributed by atoms with van der Waals surface area (Å²) in [6.07, 6.45) is 1.05. The van der Waals surface area contributed by atoms with Crippen molar-refractivity contribution in [1.29, 1.82) is 0 Å². The number of benzene rings is 1. The summed E-state index contributed by atoms with van der Waals surface area (Å²) >= 11 is 11.3. The first-order valence-corrected chi connectivity index (χ1v) is 6.80. The number of anilines is 1. The zero-order valence-electron chi connectivity index (χ0n) is 10.3. The van der Waals surface area contributed by atoms with Crippen LogP contribution in [0.4, 0.5) is 5.69 Å². The van der Waals surface area contributed by atoms with E-state index in [9.17, 15) is 5.11 Å². The average Bonchev–Trinajstić information content (AvgIpc) is 2.69. The number of aliphatic hydroxyl groups is 1. The van der Waals surface area contributed by atoms with Crippen LogP contribution in [-0.4, -0.2) is 29.3 Å². The highest BCUT2D eigenvalue weighted by Crippen LogP contribution is 2.34. The van der Waals surface area contributed by atoms with E-state index >= 15 is 0 Å². The Bertz CT molecular complexity index is 466. The Kier molecular flexibility index (Phi) is 4.10. The largest absolute Gasteiger partial charge is 0.394 e. The molecule has 3 nitrogen and oxygen atoms in total. The molecule has 2 atom stereocenters. The van der Waals surface area contributed by atoms with E-state index in [1.165, 1.54) is 0 Å². The molecule has 0 aromatic heterocycles. The minimum Gasteiger partial charge on any atom is -0.394 e. The number of nitrogens with two attached hydrogens (primary N) is 1. The summed E-state index contributed by atoms with van der Waals surface area (Å²) in [6, 6.07) is 5.74. The van der Waals surface area contributed by atoms with Crippen molar-refractivity contribution in [3.05, 3.63) is 28.8 Å². The van der Waals surface area contributed by atoms with Gasteiger partial charge in [0, 0.05) is 12.2 Å². The second kappa shape index (κ2) is 5.43. The van der Waals surface area contributed by atoms with Crippen molar-refractivity contribution in [3.8, 4) is 0 Å². The number of thiocarbonyl (C=S) groups is 1. The maximum atomic E-state index is 9.53. The fourth-order valence-corrected chi connectivity index (χ4v) is 3.12. The maximum absolute atomic E-state index is 9.53. The van der Waals surface area contributed by atoms with Crippen LogP contribution in [0.5, 0.6) is 0 Å². The maximum Gasteiger partial charge on any atom is 0.107 e. The summed E-state index contributed by atoms with van der Waals surface area (Å²) in [7, 11) is 0. The Hall–Kier alpha value is -0.840. The van der Waals surface area contributed by atoms with Crippen molar-refractivity contribution in [2.75, 3.05) is 18.1 Å². The molecule has 1 heterocycles. The van der Waals surface area contributed by atoms with E-state index in [1.807, 2.05) is 12.1 Å². The first-order chi connectivity index (χ1) is 8.56. The summed E-state index contributed by atoms with van der Waals surface area (Å²) in [6.45, 7) is 3.17. The van der Waals surface area contributed by atoms with Gasteiger partial charge in [-0.25, -0.2) is 0 Å². The van der Waals surface area contributed by atoms with Crippen molar-refractivity contribution in [2.24, 2.45) is 11.7 Å². The van der Waals surface area contributed by atoms with Crippen molar-refractivity contribution < 1.29 is 5.11 Å². The van der Waals surface area contributed by atoms with Crippen molar-refractivity contribution in [2.45, 2.75) is 19.4 Å². The SMILES string of the molecule is CC1CCN(c2cccc(Cl)c2C(N)=S)C1CO. The van der Waals surface area contributed by atoms with E-state index in [0.29, 0.717) is 21.5 Å². The second-order valence-electron chi connectivity index (χ2n) is 4.71. The summed E-state index contributed by atoms with van der Waals surface area (Å²) < 4.78 is 0. The Labute approximate surface area is 118 Å². The zero-order valence-corrected chi connectivity index (χ0v) is 11.8. The van der Waals surface area contributed by atoms with E-state index in [4.69, 9.17) is 29.6 Å². The van der Waals surface area contributed by atoms with Crippen molar-refractivity contribution in [1.82, 2.24) is 0 Å². The first-order valence-electron chi connectivity index (χ1n) is 6.02. The van der Waals surface area contributed by atoms with E-state index in [1.54, 1.807) is 6.07 Å². The van der Waals surface area contributed by atoms with E-state index in [-0.39, 0.29) is 12.6 Å². The second-order valence-corrected chi connectivity index (χ2v) is 5.55. The molecule has 98 valence electrons. The van der Waals surface area contributed by atoms with Gasteiger partial charge in [-0.15, -0.1) is 0 Å². The first kappa shape index (κ1) is 13.6. The minimum absolute atomic E-state index is 0.108. The summed E-state index contributed by atoms with van der Waals surface area (Å²) in [5, 5.41) is 10.1. The lowest BCUT2D eigenvalue weighted by molar-refractivity contribution is 0.245. The highest BCUT2D eigenvalue weighted by molar-refractivity contribution is 7.80. The number of nitrogens with zero attached hydrogens (tertiary/aromatic N) is 1. The quantitative estimate of drug-likeness (QED) is 0.836. The molecule has 1 aromatic rings. The standard InChI is InChI=1S/C13H17ClN2OS/c1-8-5-6-16(11(8)7-17)10-4-2-3-9(14)12(10)13(15)18/h2-4,8,11,17H,5-7H2,1H3,(H2,15,18). The molecule has 2 rings (SSSR count). The molecule has 0 saturated carbocycles. The number of hydrogen-bond donors (Lipinski definition) is 2. The molecule has 1 saturated heterocycles. The minimum atomic E-state index is 0.108. The zero-order chi connectivity index (χ0) is 13.3. The number of rotatable bonds is 3. The van der Waals surface area contributed by atoms with Gasteiger partial charge in [0.1, 0.15) is 4.99 Å². The predicted molar refractivity (Wildman–Crippen MR) is 79.3 cm³/mol. The lowest BCUT2D eigenvalue weighted by Crippen LogP contribution is -2.36. The Morgan fingerprint density at radius 2 is 2.33 bits per heavy atom. The number of halogens is 1. The Morgan fingerprint density at radius 1 is 1.61 bits per heavy atom. The van der Waals surface area contributed by atoms with Gasteiger partial charge in [-0.3, -0.25) is 0 Å². The van der Waals surface area contributed by atoms with Gasteiger partial charge in [0.15, 0.2) is 0 Å². The molecule has 1 aliphatic rings. The third-order valence-corrected chi connectivity index (χ3v) is 4.14. The summed E-state index contributed by atoms with van der Waals surface area (Å²) in [4.78, 5) is 2.46. The normalized spacial score (nSPS) is 23.4. The average molecular weight is 285 g/mol. The summed E-state index contributed by atoms with van der Waals surface area (Å²) in [5.74, 6) is 0.452. The molecule has 1 aliphatic heterocycles. The molecular weight excluding hydrogens is 268 g/mol. The Morgan fingerprint density at radius 3 is 2.94 bits per heavy atom. The molecular formula is C13H17ClN2OS. The smallest absolute Gasteiger partial charge is 0.107 e. The molecule has 0 amide bonds. The van der Waals surface area contributed by atoms with Crippen LogP contribution in [0.3, 0.4) is 0 Å². The van der Waals surface area contributed by atoms with Gasteiger partial charge in [0.25, 0.3) is 0 Å². The molecule has 5 heteroatoms. The van der Waals surface area contributed by atoms with Crippen molar-refractivity contribution in [3.63, 3.8) is 0 Å². The van der Waals surface area contributed by atoms with Crippen LogP contribution in [0.2, 0.25) is 5.02 Å². The van der Waals surface area contributed by atoms with Gasteiger partial charge in [-0.05, 0) is 24.5 Å². The van der Waals surface area contributed by atoms with Crippen LogP contribution >= 0.6 is 23.8 Å². The molecule has 1 aromatic carbocycles. The van der Waals surface area contributed by atoms with Crippen LogP contribution < -0.4 is 10.6 Å². The van der Waals surface area contributed by atoms with Crippen LogP contribution in [0, 0.1) is 5.92 Å². The molecule has 1 fully saturated rings. The van der Waals surface area contributed by atoms with Crippen LogP contribution in [0.25, 0.3) is 0 Å². The third-order valence-electron chi connectivity index (χ3n) is 3.62. The monoisotopic (exact) mass is 284 g/mol. The van der Waals surface area contributed by atoms with Crippen LogP contribution in [0.1, 0.15) is 18.9 Å². The molecule has 0 radical (unpaired) electrons. The number of hydrogen-bond acceptors (Lipinski definition) is 3. The van der Waals surface area contributed by atoms with E-state index in [2.05, 4.69) is 11.8 Å². The lowest BCUT2D eigenvalue weighted by atomic mass is 10.0. The molecule has 18 heavy (non-hydrogen) atoms. The van der Waals surface area contributed by atoms with Gasteiger partial charge >= 0.3 is 0 Å². The lowest BCUT2D eigenvalue weighted by Gasteiger charge is -2.29. The van der Waals surface area contributed by atoms with E-state index < -0.39 is 0 Å². The molecule has 0 bridgehead atoms. The molecule has 2 unspecified atom stereocenters. The third kappa shape index (κ3) is 2.32. The molecule has 0 aliphatic carbocycles. The predicted octanol–water partition coefficient (Wildman–Crippen LogP) is 2.18. The van der Waals surface area contributed by atoms with Crippen LogP contribution in [0.15, 0.2) is 18.2 Å². The fourth-order valence-electron chi connectivity index (χ4n) is 2.58. The van der Waals surface area contributed by atoms with Gasteiger partial charge < -0.3 is 15.7 Å². The molecule has 3 N–H and O–H groups in total. The molecule has 0 spiro atoms. The highest BCUT2D eigenvalue weighted by atomic mass is 35.5. The van der Waals surface area contributed by atoms with Crippen LogP contribution in [-0.2, 0) is 0 Å². The fraction of sp³-hybridized carbons (Fsp3) is 0.462. The van der Waals surface area contributed by atoms with E-state index in [0.717, 1.165) is 18.7 Å².